The van der Waals surface area contributed by atoms with Gasteiger partial charge in [-0.25, -0.2) is 0 Å². The number of alkyl halides is 1. The van der Waals surface area contributed by atoms with E-state index in [0.717, 1.165) is 50.9 Å². The molecule has 3 aliphatic carbocycles. The first-order chi connectivity index (χ1) is 16.0. The van der Waals surface area contributed by atoms with Gasteiger partial charge in [-0.2, -0.15) is 0 Å². The topological polar surface area (TPSA) is 46.5 Å². The van der Waals surface area contributed by atoms with Crippen LogP contribution in [0.3, 0.4) is 0 Å². The molecule has 0 heterocycles. The largest absolute Gasteiger partial charge is 0.508 e. The molecule has 0 amide bonds. The van der Waals surface area contributed by atoms with Crippen molar-refractivity contribution in [2.45, 2.75) is 70.1 Å². The number of hydrogen-bond donors (Lipinski definition) is 1. The van der Waals surface area contributed by atoms with Crippen molar-refractivity contribution in [1.29, 1.82) is 0 Å². The Kier molecular flexibility index (Phi) is 6.74. The molecule has 2 saturated carbocycles. The lowest BCUT2D eigenvalue weighted by Gasteiger charge is -2.52. The molecule has 33 heavy (non-hydrogen) atoms. The Morgan fingerprint density at radius 1 is 1.06 bits per heavy atom. The first kappa shape index (κ1) is 23.2. The molecule has 0 aliphatic heterocycles. The fraction of sp³-hybridized carbons (Fsp3) is 0.552. The van der Waals surface area contributed by atoms with Crippen LogP contribution >= 0.6 is 22.6 Å². The van der Waals surface area contributed by atoms with Gasteiger partial charge in [0.2, 0.25) is 0 Å². The van der Waals surface area contributed by atoms with Crippen LogP contribution in [0.5, 0.6) is 11.5 Å². The van der Waals surface area contributed by atoms with Crippen molar-refractivity contribution in [3.63, 3.8) is 0 Å². The van der Waals surface area contributed by atoms with E-state index in [-0.39, 0.29) is 5.41 Å². The maximum atomic E-state index is 13.1. The molecule has 3 nitrogen and oxygen atoms in total. The molecule has 4 heteroatoms. The summed E-state index contributed by atoms with van der Waals surface area (Å²) in [4.78, 5) is 13.1. The Balaban J connectivity index is 1.43. The number of ether oxygens (including phenoxy) is 1. The van der Waals surface area contributed by atoms with Crippen LogP contribution in [0.4, 0.5) is 0 Å². The van der Waals surface area contributed by atoms with Crippen molar-refractivity contribution < 1.29 is 14.6 Å². The fourth-order valence-corrected chi connectivity index (χ4v) is 7.71. The highest BCUT2D eigenvalue weighted by molar-refractivity contribution is 14.1. The third kappa shape index (κ3) is 4.33. The summed E-state index contributed by atoms with van der Waals surface area (Å²) in [5.74, 6) is 3.53. The second kappa shape index (κ2) is 9.59. The second-order valence-electron chi connectivity index (χ2n) is 10.6. The number of phenols is 1. The Morgan fingerprint density at radius 3 is 2.67 bits per heavy atom. The number of rotatable bonds is 7. The average Bonchev–Trinajstić information content (AvgIpc) is 3.12. The Bertz CT molecular complexity index is 1000. The summed E-state index contributed by atoms with van der Waals surface area (Å²) in [6.45, 7) is 3.02. The number of Topliss-reactive ketones (excluding diaryl/α,β-unsaturated/α-hetero) is 1. The van der Waals surface area contributed by atoms with Gasteiger partial charge in [0.05, 0.1) is 6.61 Å². The van der Waals surface area contributed by atoms with E-state index in [2.05, 4.69) is 59.8 Å². The zero-order valence-corrected chi connectivity index (χ0v) is 21.7. The monoisotopic (exact) mass is 558 g/mol. The number of ketones is 1. The fourth-order valence-electron chi connectivity index (χ4n) is 7.17. The zero-order chi connectivity index (χ0) is 23.0. The van der Waals surface area contributed by atoms with Crippen molar-refractivity contribution in [2.75, 3.05) is 11.0 Å². The zero-order valence-electron chi connectivity index (χ0n) is 19.6. The van der Waals surface area contributed by atoms with Crippen molar-refractivity contribution >= 4 is 28.4 Å². The Hall–Kier alpha value is -1.56. The lowest BCUT2D eigenvalue weighted by atomic mass is 9.51. The Labute approximate surface area is 211 Å². The van der Waals surface area contributed by atoms with Gasteiger partial charge < -0.3 is 9.84 Å². The minimum Gasteiger partial charge on any atom is -0.508 e. The van der Waals surface area contributed by atoms with E-state index in [1.54, 1.807) is 0 Å². The number of hydrogen-bond acceptors (Lipinski definition) is 3. The van der Waals surface area contributed by atoms with E-state index in [0.29, 0.717) is 35.2 Å². The van der Waals surface area contributed by atoms with Crippen molar-refractivity contribution in [1.82, 2.24) is 0 Å². The molecule has 1 N–H and O–H groups in total. The van der Waals surface area contributed by atoms with E-state index in [9.17, 15) is 9.90 Å². The van der Waals surface area contributed by atoms with Gasteiger partial charge in [0, 0.05) is 11.8 Å². The molecule has 2 aromatic rings. The SMILES string of the molecule is C[C@]12C[C@H](c3ccc(OCCCCCI)cc3)[C@@H]3c4ccc(O)cc4CC[C@H]3[C@@H]1CCC2=O. The lowest BCUT2D eigenvalue weighted by Crippen LogP contribution is -2.45. The van der Waals surface area contributed by atoms with Crippen LogP contribution in [0, 0.1) is 17.3 Å². The highest BCUT2D eigenvalue weighted by Gasteiger charge is 2.57. The predicted octanol–water partition coefficient (Wildman–Crippen LogP) is 7.20. The van der Waals surface area contributed by atoms with E-state index >= 15 is 0 Å². The summed E-state index contributed by atoms with van der Waals surface area (Å²) >= 11 is 2.43. The molecule has 0 bridgehead atoms. The summed E-state index contributed by atoms with van der Waals surface area (Å²) in [6.07, 6.45) is 8.40. The molecule has 0 unspecified atom stereocenters. The number of phenolic OH excluding ortho intramolecular Hbond substituents is 1. The number of carbonyl (C=O) groups is 1. The van der Waals surface area contributed by atoms with E-state index in [1.165, 1.54) is 34.0 Å². The second-order valence-corrected chi connectivity index (χ2v) is 11.7. The molecular weight excluding hydrogens is 523 g/mol. The third-order valence-corrected chi connectivity index (χ3v) is 9.54. The molecule has 3 aliphatic rings. The number of carbonyl (C=O) groups excluding carboxylic acids is 1. The van der Waals surface area contributed by atoms with Crippen molar-refractivity contribution in [3.05, 3.63) is 59.2 Å². The van der Waals surface area contributed by atoms with Crippen molar-refractivity contribution in [3.8, 4) is 11.5 Å². The van der Waals surface area contributed by atoms with Gasteiger partial charge in [-0.1, -0.05) is 47.7 Å². The average molecular weight is 558 g/mol. The van der Waals surface area contributed by atoms with Gasteiger partial charge in [0.25, 0.3) is 0 Å². The normalized spacial score (nSPS) is 30.4. The minimum absolute atomic E-state index is 0.200. The number of aryl methyl sites for hydroxylation is 1. The number of fused-ring (bicyclic) bond motifs is 5. The number of halogens is 1. The maximum Gasteiger partial charge on any atom is 0.139 e. The van der Waals surface area contributed by atoms with Gasteiger partial charge in [0.1, 0.15) is 17.3 Å². The first-order valence-corrected chi connectivity index (χ1v) is 14.2. The molecule has 2 aromatic carbocycles. The van der Waals surface area contributed by atoms with Crippen molar-refractivity contribution in [2.24, 2.45) is 17.3 Å². The predicted molar refractivity (Wildman–Crippen MR) is 141 cm³/mol. The molecule has 0 radical (unpaired) electrons. The van der Waals surface area contributed by atoms with Gasteiger partial charge in [-0.15, -0.1) is 0 Å². The minimum atomic E-state index is -0.200. The van der Waals surface area contributed by atoms with Crippen LogP contribution in [0.15, 0.2) is 42.5 Å². The summed E-state index contributed by atoms with van der Waals surface area (Å²) in [7, 11) is 0. The van der Waals surface area contributed by atoms with Crippen LogP contribution in [0.1, 0.15) is 80.4 Å². The van der Waals surface area contributed by atoms with Crippen LogP contribution in [0.2, 0.25) is 0 Å². The standard InChI is InChI=1S/C29H35IO3/c1-29-18-25(19-5-9-22(10-6-19)33-16-4-2-3-15-30)28-23-12-8-21(31)17-20(23)7-11-24(28)26(29)13-14-27(29)32/h5-6,8-10,12,17,24-26,28,31H,2-4,7,11,13-16,18H2,1H3/t24-,25+,26-,28+,29-/m0/s1. The molecule has 0 spiro atoms. The summed E-state index contributed by atoms with van der Waals surface area (Å²) in [5.41, 5.74) is 3.81. The molecule has 176 valence electrons. The molecule has 5 atom stereocenters. The maximum absolute atomic E-state index is 13.1. The van der Waals surface area contributed by atoms with Crippen LogP contribution in [-0.4, -0.2) is 21.9 Å². The summed E-state index contributed by atoms with van der Waals surface area (Å²) in [6, 6.07) is 14.7. The summed E-state index contributed by atoms with van der Waals surface area (Å²) in [5, 5.41) is 10.1. The highest BCUT2D eigenvalue weighted by atomic mass is 127. The van der Waals surface area contributed by atoms with E-state index < -0.39 is 0 Å². The summed E-state index contributed by atoms with van der Waals surface area (Å²) < 4.78 is 7.20. The number of benzene rings is 2. The molecule has 2 fully saturated rings. The van der Waals surface area contributed by atoms with Gasteiger partial charge >= 0.3 is 0 Å². The smallest absolute Gasteiger partial charge is 0.139 e. The van der Waals surface area contributed by atoms with Crippen LogP contribution in [0.25, 0.3) is 0 Å². The number of unbranched alkanes of at least 4 members (excludes halogenated alkanes) is 2. The van der Waals surface area contributed by atoms with Gasteiger partial charge in [0.15, 0.2) is 0 Å². The Morgan fingerprint density at radius 2 is 1.88 bits per heavy atom. The van der Waals surface area contributed by atoms with Crippen LogP contribution < -0.4 is 4.74 Å². The van der Waals surface area contributed by atoms with Gasteiger partial charge in [-0.05, 0) is 114 Å². The first-order valence-electron chi connectivity index (χ1n) is 12.6. The third-order valence-electron chi connectivity index (χ3n) is 8.78. The molecule has 5 rings (SSSR count). The molecular formula is C29H35IO3. The molecule has 0 saturated heterocycles. The van der Waals surface area contributed by atoms with E-state index in [1.807, 2.05) is 12.1 Å². The quantitative estimate of drug-likeness (QED) is 0.222. The van der Waals surface area contributed by atoms with E-state index in [4.69, 9.17) is 4.74 Å². The van der Waals surface area contributed by atoms with Crippen LogP contribution in [-0.2, 0) is 11.2 Å². The highest BCUT2D eigenvalue weighted by Crippen LogP contribution is 2.64. The lowest BCUT2D eigenvalue weighted by molar-refractivity contribution is -0.130. The van der Waals surface area contributed by atoms with Gasteiger partial charge in [-0.3, -0.25) is 4.79 Å². The number of aromatic hydroxyl groups is 1. The molecule has 0 aromatic heterocycles.